The van der Waals surface area contributed by atoms with Crippen LogP contribution in [0.5, 0.6) is 5.75 Å². The number of methoxy groups -OCH3 is 1. The predicted molar refractivity (Wildman–Crippen MR) is 133 cm³/mol. The Balaban J connectivity index is 1.91. The summed E-state index contributed by atoms with van der Waals surface area (Å²) >= 11 is -1.42. The van der Waals surface area contributed by atoms with Crippen LogP contribution in [0, 0.1) is 6.92 Å². The Morgan fingerprint density at radius 2 is 1.76 bits per heavy atom. The quantitative estimate of drug-likeness (QED) is 0.434. The Labute approximate surface area is 203 Å². The molecule has 34 heavy (non-hydrogen) atoms. The second kappa shape index (κ2) is 11.7. The number of hydrogen-bond acceptors (Lipinski definition) is 4. The molecule has 0 aliphatic carbocycles. The number of ether oxygens (including phenoxy) is 1. The number of nitrogens with zero attached hydrogens (tertiary/aromatic N) is 1. The molecule has 0 spiro atoms. The van der Waals surface area contributed by atoms with Crippen LogP contribution < -0.4 is 4.74 Å². The molecular weight excluding hydrogens is 450 g/mol. The van der Waals surface area contributed by atoms with Crippen molar-refractivity contribution >= 4 is 23.1 Å². The summed E-state index contributed by atoms with van der Waals surface area (Å²) in [6.45, 7) is 4.68. The molecule has 7 heteroatoms. The molecule has 0 saturated carbocycles. The zero-order chi connectivity index (χ0) is 24.7. The molecule has 0 fully saturated rings. The van der Waals surface area contributed by atoms with Gasteiger partial charge in [0.25, 0.3) is 5.91 Å². The van der Waals surface area contributed by atoms with E-state index in [4.69, 9.17) is 4.74 Å². The SMILES string of the molecule is CCN(Cc1cc(C)ccc1-c1cc(CC(=O)O)ccc1OC)C(=O)C[S+]([O-])c1ccccc1. The van der Waals surface area contributed by atoms with Crippen LogP contribution in [0.2, 0.25) is 0 Å². The first-order valence-corrected chi connectivity index (χ1v) is 12.3. The molecule has 0 bridgehead atoms. The second-order valence-corrected chi connectivity index (χ2v) is 9.43. The maximum atomic E-state index is 13.0. The number of hydrogen-bond donors (Lipinski definition) is 1. The number of benzene rings is 3. The van der Waals surface area contributed by atoms with Crippen LogP contribution in [-0.4, -0.2) is 45.8 Å². The standard InChI is InChI=1S/C27H29NO5S/c1-4-28(26(29)18-34(32)22-8-6-5-7-9-22)17-21-14-19(2)10-12-23(21)24-15-20(16-27(30)31)11-13-25(24)33-3/h5-15H,4,16-18H2,1-3H3,(H,30,31). The maximum absolute atomic E-state index is 13.0. The summed E-state index contributed by atoms with van der Waals surface area (Å²) in [5, 5.41) is 9.21. The van der Waals surface area contributed by atoms with Crippen LogP contribution in [0.25, 0.3) is 11.1 Å². The highest BCUT2D eigenvalue weighted by molar-refractivity contribution is 7.92. The smallest absolute Gasteiger partial charge is 0.307 e. The van der Waals surface area contributed by atoms with Crippen LogP contribution in [0.1, 0.15) is 23.6 Å². The average molecular weight is 480 g/mol. The van der Waals surface area contributed by atoms with E-state index in [1.54, 1.807) is 48.4 Å². The minimum Gasteiger partial charge on any atom is -0.611 e. The number of carbonyl (C=O) groups is 2. The summed E-state index contributed by atoms with van der Waals surface area (Å²) in [5.41, 5.74) is 4.25. The molecule has 0 aromatic heterocycles. The summed E-state index contributed by atoms with van der Waals surface area (Å²) in [6, 6.07) is 20.3. The van der Waals surface area contributed by atoms with E-state index in [-0.39, 0.29) is 18.1 Å². The highest BCUT2D eigenvalue weighted by atomic mass is 32.2. The van der Waals surface area contributed by atoms with Crippen molar-refractivity contribution in [3.8, 4) is 16.9 Å². The van der Waals surface area contributed by atoms with Gasteiger partial charge in [0.2, 0.25) is 0 Å². The second-order valence-electron chi connectivity index (χ2n) is 7.98. The highest BCUT2D eigenvalue weighted by Gasteiger charge is 2.22. The highest BCUT2D eigenvalue weighted by Crippen LogP contribution is 2.34. The van der Waals surface area contributed by atoms with E-state index in [9.17, 15) is 19.2 Å². The minimum absolute atomic E-state index is 0.0869. The van der Waals surface area contributed by atoms with Gasteiger partial charge in [0, 0.05) is 18.7 Å². The number of aryl methyl sites for hydroxylation is 1. The first-order valence-electron chi connectivity index (χ1n) is 11.0. The Bertz CT molecular complexity index is 1150. The van der Waals surface area contributed by atoms with E-state index in [2.05, 4.69) is 0 Å². The molecule has 3 aromatic rings. The van der Waals surface area contributed by atoms with Crippen molar-refractivity contribution in [2.45, 2.75) is 31.7 Å². The Morgan fingerprint density at radius 1 is 1.03 bits per heavy atom. The van der Waals surface area contributed by atoms with Crippen LogP contribution >= 0.6 is 0 Å². The lowest BCUT2D eigenvalue weighted by Crippen LogP contribution is -2.35. The zero-order valence-corrected chi connectivity index (χ0v) is 20.4. The van der Waals surface area contributed by atoms with Gasteiger partial charge in [0.1, 0.15) is 5.75 Å². The van der Waals surface area contributed by atoms with Crippen molar-refractivity contribution in [3.05, 3.63) is 83.4 Å². The topological polar surface area (TPSA) is 89.9 Å². The fourth-order valence-electron chi connectivity index (χ4n) is 3.81. The number of carbonyl (C=O) groups excluding carboxylic acids is 1. The third-order valence-electron chi connectivity index (χ3n) is 5.53. The van der Waals surface area contributed by atoms with E-state index >= 15 is 0 Å². The zero-order valence-electron chi connectivity index (χ0n) is 19.6. The molecule has 0 heterocycles. The predicted octanol–water partition coefficient (Wildman–Crippen LogP) is 4.45. The van der Waals surface area contributed by atoms with Crippen molar-refractivity contribution in [2.75, 3.05) is 19.4 Å². The van der Waals surface area contributed by atoms with Gasteiger partial charge < -0.3 is 19.3 Å². The number of amides is 1. The van der Waals surface area contributed by atoms with Crippen molar-refractivity contribution in [1.29, 1.82) is 0 Å². The van der Waals surface area contributed by atoms with Crippen molar-refractivity contribution in [2.24, 2.45) is 0 Å². The molecule has 0 aliphatic rings. The molecule has 1 N–H and O–H groups in total. The van der Waals surface area contributed by atoms with E-state index in [0.717, 1.165) is 22.3 Å². The fourth-order valence-corrected chi connectivity index (χ4v) is 4.84. The van der Waals surface area contributed by atoms with Gasteiger partial charge >= 0.3 is 5.97 Å². The van der Waals surface area contributed by atoms with Crippen molar-refractivity contribution in [3.63, 3.8) is 0 Å². The number of carboxylic acids is 1. The van der Waals surface area contributed by atoms with Crippen molar-refractivity contribution in [1.82, 2.24) is 4.90 Å². The molecule has 6 nitrogen and oxygen atoms in total. The van der Waals surface area contributed by atoms with Crippen LogP contribution in [0.4, 0.5) is 0 Å². The van der Waals surface area contributed by atoms with Gasteiger partial charge in [-0.05, 0) is 66.0 Å². The monoisotopic (exact) mass is 479 g/mol. The maximum Gasteiger partial charge on any atom is 0.307 e. The van der Waals surface area contributed by atoms with Gasteiger partial charge in [-0.25, -0.2) is 0 Å². The Morgan fingerprint density at radius 3 is 2.41 bits per heavy atom. The van der Waals surface area contributed by atoms with E-state index in [1.165, 1.54) is 0 Å². The molecule has 0 radical (unpaired) electrons. The number of rotatable bonds is 10. The Kier molecular flexibility index (Phi) is 8.73. The summed E-state index contributed by atoms with van der Waals surface area (Å²) in [7, 11) is 1.57. The lowest BCUT2D eigenvalue weighted by molar-refractivity contribution is -0.136. The molecule has 1 unspecified atom stereocenters. The van der Waals surface area contributed by atoms with Gasteiger partial charge in [-0.15, -0.1) is 0 Å². The third-order valence-corrected chi connectivity index (χ3v) is 6.83. The summed E-state index contributed by atoms with van der Waals surface area (Å²) in [4.78, 5) is 26.6. The van der Waals surface area contributed by atoms with Gasteiger partial charge in [0.05, 0.1) is 13.5 Å². The number of aliphatic carboxylic acids is 1. The Hall–Kier alpha value is -3.29. The fraction of sp³-hybridized carbons (Fsp3) is 0.259. The molecule has 1 atom stereocenters. The molecule has 3 rings (SSSR count). The largest absolute Gasteiger partial charge is 0.611 e. The average Bonchev–Trinajstić information content (AvgIpc) is 2.82. The van der Waals surface area contributed by atoms with Crippen LogP contribution in [-0.2, 0) is 33.7 Å². The summed E-state index contributed by atoms with van der Waals surface area (Å²) in [6.07, 6.45) is -0.0942. The summed E-state index contributed by atoms with van der Waals surface area (Å²) < 4.78 is 18.2. The normalized spacial score (nSPS) is 11.6. The van der Waals surface area contributed by atoms with Crippen LogP contribution in [0.15, 0.2) is 71.6 Å². The van der Waals surface area contributed by atoms with Crippen molar-refractivity contribution < 1.29 is 24.0 Å². The van der Waals surface area contributed by atoms with Gasteiger partial charge in [-0.1, -0.05) is 48.0 Å². The summed E-state index contributed by atoms with van der Waals surface area (Å²) in [5.74, 6) is -0.562. The van der Waals surface area contributed by atoms with E-state index < -0.39 is 17.1 Å². The van der Waals surface area contributed by atoms with Crippen LogP contribution in [0.3, 0.4) is 0 Å². The molecule has 178 valence electrons. The first-order chi connectivity index (χ1) is 16.3. The molecule has 0 saturated heterocycles. The lowest BCUT2D eigenvalue weighted by Gasteiger charge is -2.24. The lowest BCUT2D eigenvalue weighted by atomic mass is 9.94. The minimum atomic E-state index is -1.42. The molecular formula is C27H29NO5S. The first kappa shape index (κ1) is 25.3. The molecule has 0 aliphatic heterocycles. The number of carboxylic acid groups (broad SMARTS) is 1. The van der Waals surface area contributed by atoms with E-state index in [0.29, 0.717) is 29.3 Å². The third kappa shape index (κ3) is 6.40. The molecule has 1 amide bonds. The van der Waals surface area contributed by atoms with E-state index in [1.807, 2.05) is 44.2 Å². The van der Waals surface area contributed by atoms with Gasteiger partial charge in [-0.3, -0.25) is 9.59 Å². The molecule has 3 aromatic carbocycles. The van der Waals surface area contributed by atoms with Gasteiger partial charge in [-0.2, -0.15) is 0 Å². The van der Waals surface area contributed by atoms with Gasteiger partial charge in [0.15, 0.2) is 10.6 Å².